The largest absolute Gasteiger partial charge is 0.497 e. The van der Waals surface area contributed by atoms with Gasteiger partial charge >= 0.3 is 0 Å². The summed E-state index contributed by atoms with van der Waals surface area (Å²) >= 11 is 5.24. The van der Waals surface area contributed by atoms with Crippen molar-refractivity contribution in [2.45, 2.75) is 6.92 Å². The van der Waals surface area contributed by atoms with E-state index >= 15 is 0 Å². The van der Waals surface area contributed by atoms with E-state index in [2.05, 4.69) is 25.3 Å². The van der Waals surface area contributed by atoms with Crippen molar-refractivity contribution in [3.8, 4) is 17.1 Å². The van der Waals surface area contributed by atoms with E-state index < -0.39 is 0 Å². The third-order valence-electron chi connectivity index (χ3n) is 4.14. The number of nitrogens with one attached hydrogen (secondary N) is 2. The predicted molar refractivity (Wildman–Crippen MR) is 111 cm³/mol. The topological polar surface area (TPSA) is 75.7 Å². The average Bonchev–Trinajstić information content (AvgIpc) is 3.12. The Morgan fingerprint density at radius 2 is 1.89 bits per heavy atom. The molecule has 4 rings (SSSR count). The zero-order chi connectivity index (χ0) is 18.8. The number of anilines is 2. The second-order valence-electron chi connectivity index (χ2n) is 6.01. The molecule has 0 aliphatic rings. The van der Waals surface area contributed by atoms with Crippen molar-refractivity contribution in [3.05, 3.63) is 60.6 Å². The fraction of sp³-hybridized carbons (Fsp3) is 0.100. The molecule has 0 saturated heterocycles. The molecular weight excluding hydrogens is 358 g/mol. The van der Waals surface area contributed by atoms with E-state index in [4.69, 9.17) is 17.0 Å². The van der Waals surface area contributed by atoms with Crippen molar-refractivity contribution in [3.63, 3.8) is 0 Å². The van der Waals surface area contributed by atoms with Gasteiger partial charge in [0.2, 0.25) is 5.95 Å². The Balaban J connectivity index is 1.62. The van der Waals surface area contributed by atoms with Gasteiger partial charge in [0.25, 0.3) is 0 Å². The van der Waals surface area contributed by atoms with Gasteiger partial charge in [-0.15, -0.1) is 0 Å². The first-order chi connectivity index (χ1) is 13.1. The summed E-state index contributed by atoms with van der Waals surface area (Å²) in [4.78, 5) is 17.4. The molecule has 7 heteroatoms. The molecule has 0 saturated carbocycles. The lowest BCUT2D eigenvalue weighted by atomic mass is 10.2. The van der Waals surface area contributed by atoms with E-state index in [1.54, 1.807) is 25.6 Å². The van der Waals surface area contributed by atoms with E-state index in [0.29, 0.717) is 11.6 Å². The minimum Gasteiger partial charge on any atom is -0.497 e. The number of thiocarbonyl (C=S) groups is 1. The van der Waals surface area contributed by atoms with Crippen LogP contribution in [-0.4, -0.2) is 31.9 Å². The van der Waals surface area contributed by atoms with Gasteiger partial charge in [0.05, 0.1) is 24.2 Å². The van der Waals surface area contributed by atoms with Crippen molar-refractivity contribution in [1.82, 2.24) is 19.9 Å². The summed E-state index contributed by atoms with van der Waals surface area (Å²) in [5.41, 5.74) is 4.33. The fourth-order valence-corrected chi connectivity index (χ4v) is 2.88. The lowest BCUT2D eigenvalue weighted by Crippen LogP contribution is -1.98. The van der Waals surface area contributed by atoms with Crippen molar-refractivity contribution < 1.29 is 4.74 Å². The van der Waals surface area contributed by atoms with E-state index in [0.717, 1.165) is 38.6 Å². The first-order valence-electron chi connectivity index (χ1n) is 8.36. The average molecular weight is 375 g/mol. The van der Waals surface area contributed by atoms with E-state index in [1.165, 1.54) is 0 Å². The number of ether oxygens (including phenoxy) is 1. The van der Waals surface area contributed by atoms with Gasteiger partial charge in [-0.05, 0) is 43.3 Å². The summed E-state index contributed by atoms with van der Waals surface area (Å²) in [6.07, 6.45) is 3.40. The second kappa shape index (κ2) is 7.13. The molecule has 0 amide bonds. The first-order valence-corrected chi connectivity index (χ1v) is 8.77. The molecule has 2 N–H and O–H groups in total. The summed E-state index contributed by atoms with van der Waals surface area (Å²) < 4.78 is 5.25. The van der Waals surface area contributed by atoms with Gasteiger partial charge in [0.1, 0.15) is 5.75 Å². The van der Waals surface area contributed by atoms with E-state index in [-0.39, 0.29) is 0 Å². The van der Waals surface area contributed by atoms with Crippen molar-refractivity contribution in [1.29, 1.82) is 0 Å². The van der Waals surface area contributed by atoms with E-state index in [9.17, 15) is 0 Å². The third kappa shape index (κ3) is 3.63. The van der Waals surface area contributed by atoms with Crippen LogP contribution >= 0.6 is 12.2 Å². The SMILES string of the molecule is COc1ccnc(-c2ccnc(Nc3ccc4[nH]c(C(C)=S)cc4c3)n2)c1. The highest BCUT2D eigenvalue weighted by atomic mass is 32.1. The second-order valence-corrected chi connectivity index (χ2v) is 6.62. The molecule has 0 atom stereocenters. The molecule has 0 bridgehead atoms. The van der Waals surface area contributed by atoms with Crippen molar-refractivity contribution in [2.75, 3.05) is 12.4 Å². The number of fused-ring (bicyclic) bond motifs is 1. The van der Waals surface area contributed by atoms with Crippen LogP contribution < -0.4 is 10.1 Å². The number of rotatable bonds is 5. The summed E-state index contributed by atoms with van der Waals surface area (Å²) in [5.74, 6) is 1.23. The van der Waals surface area contributed by atoms with Crippen LogP contribution in [0, 0.1) is 0 Å². The number of pyridine rings is 1. The number of benzene rings is 1. The molecule has 27 heavy (non-hydrogen) atoms. The molecule has 0 spiro atoms. The molecule has 1 aromatic carbocycles. The Morgan fingerprint density at radius 3 is 2.70 bits per heavy atom. The van der Waals surface area contributed by atoms with Crippen LogP contribution in [0.3, 0.4) is 0 Å². The quantitative estimate of drug-likeness (QED) is 0.395. The molecular formula is C20H17N5OS. The van der Waals surface area contributed by atoms with Gasteiger partial charge in [-0.1, -0.05) is 12.2 Å². The van der Waals surface area contributed by atoms with Gasteiger partial charge in [-0.3, -0.25) is 4.98 Å². The maximum atomic E-state index is 5.25. The summed E-state index contributed by atoms with van der Waals surface area (Å²) in [6.45, 7) is 1.91. The summed E-state index contributed by atoms with van der Waals surface area (Å²) in [7, 11) is 1.62. The Bertz CT molecular complexity index is 1140. The van der Waals surface area contributed by atoms with Gasteiger partial charge in [0.15, 0.2) is 0 Å². The van der Waals surface area contributed by atoms with Gasteiger partial charge < -0.3 is 15.0 Å². The van der Waals surface area contributed by atoms with Gasteiger partial charge in [0, 0.05) is 39.9 Å². The standard InChI is InChI=1S/C20H17N5OS/c1-12(27)18-10-13-9-14(3-4-16(13)24-18)23-20-22-8-6-17(25-20)19-11-15(26-2)5-7-21-19/h3-11,24H,1-2H3,(H,22,23,25). The predicted octanol–water partition coefficient (Wildman–Crippen LogP) is 4.51. The van der Waals surface area contributed by atoms with Crippen LogP contribution in [0.25, 0.3) is 22.3 Å². The van der Waals surface area contributed by atoms with Gasteiger partial charge in [-0.25, -0.2) is 9.97 Å². The minimum atomic E-state index is 0.498. The smallest absolute Gasteiger partial charge is 0.227 e. The number of methoxy groups -OCH3 is 1. The van der Waals surface area contributed by atoms with Gasteiger partial charge in [-0.2, -0.15) is 0 Å². The Hall–Kier alpha value is -3.32. The van der Waals surface area contributed by atoms with Crippen molar-refractivity contribution >= 4 is 39.6 Å². The molecule has 6 nitrogen and oxygen atoms in total. The highest BCUT2D eigenvalue weighted by Gasteiger charge is 2.07. The molecule has 3 heterocycles. The number of H-pyrrole nitrogens is 1. The monoisotopic (exact) mass is 375 g/mol. The third-order valence-corrected chi connectivity index (χ3v) is 4.36. The highest BCUT2D eigenvalue weighted by Crippen LogP contribution is 2.24. The molecule has 0 aliphatic carbocycles. The van der Waals surface area contributed by atoms with Crippen LogP contribution in [0.1, 0.15) is 12.6 Å². The molecule has 0 radical (unpaired) electrons. The first kappa shape index (κ1) is 17.1. The molecule has 3 aromatic heterocycles. The lowest BCUT2D eigenvalue weighted by Gasteiger charge is -2.07. The van der Waals surface area contributed by atoms with Crippen LogP contribution in [0.4, 0.5) is 11.6 Å². The number of aromatic nitrogens is 4. The summed E-state index contributed by atoms with van der Waals surface area (Å²) in [5, 5.41) is 4.32. The minimum absolute atomic E-state index is 0.498. The zero-order valence-corrected chi connectivity index (χ0v) is 15.7. The van der Waals surface area contributed by atoms with E-state index in [1.807, 2.05) is 43.3 Å². The number of hydrogen-bond donors (Lipinski definition) is 2. The Labute approximate surface area is 161 Å². The fourth-order valence-electron chi connectivity index (χ4n) is 2.77. The Kier molecular flexibility index (Phi) is 4.52. The maximum absolute atomic E-state index is 5.25. The zero-order valence-electron chi connectivity index (χ0n) is 14.9. The highest BCUT2D eigenvalue weighted by molar-refractivity contribution is 7.80. The molecule has 0 fully saturated rings. The summed E-state index contributed by atoms with van der Waals surface area (Å²) in [6, 6.07) is 13.5. The normalized spacial score (nSPS) is 10.7. The maximum Gasteiger partial charge on any atom is 0.227 e. The number of aromatic amines is 1. The Morgan fingerprint density at radius 1 is 1.04 bits per heavy atom. The lowest BCUT2D eigenvalue weighted by molar-refractivity contribution is 0.414. The van der Waals surface area contributed by atoms with Crippen molar-refractivity contribution in [2.24, 2.45) is 0 Å². The number of nitrogens with zero attached hydrogens (tertiary/aromatic N) is 3. The van der Waals surface area contributed by atoms with Crippen LogP contribution in [-0.2, 0) is 0 Å². The van der Waals surface area contributed by atoms with Crippen LogP contribution in [0.2, 0.25) is 0 Å². The van der Waals surface area contributed by atoms with Crippen LogP contribution in [0.15, 0.2) is 54.9 Å². The molecule has 0 unspecified atom stereocenters. The molecule has 4 aromatic rings. The molecule has 134 valence electrons. The molecule has 0 aliphatic heterocycles. The number of hydrogen-bond acceptors (Lipinski definition) is 6. The van der Waals surface area contributed by atoms with Crippen LogP contribution in [0.5, 0.6) is 5.75 Å².